The zero-order chi connectivity index (χ0) is 16.4. The minimum atomic E-state index is -0.724. The first kappa shape index (κ1) is 15.0. The van der Waals surface area contributed by atoms with Crippen LogP contribution in [0, 0.1) is 0 Å². The molecule has 0 saturated carbocycles. The number of carbonyl (C=O) groups is 2. The summed E-state index contributed by atoms with van der Waals surface area (Å²) in [6.07, 6.45) is 0. The van der Waals surface area contributed by atoms with Crippen molar-refractivity contribution in [3.05, 3.63) is 54.1 Å². The summed E-state index contributed by atoms with van der Waals surface area (Å²) in [7, 11) is 1.29. The highest BCUT2D eigenvalue weighted by Gasteiger charge is 2.20. The maximum Gasteiger partial charge on any atom is 0.328 e. The van der Waals surface area contributed by atoms with Crippen LogP contribution in [0.2, 0.25) is 0 Å². The van der Waals surface area contributed by atoms with Crippen LogP contribution in [-0.4, -0.2) is 30.0 Å². The molecule has 3 aromatic rings. The van der Waals surface area contributed by atoms with Crippen molar-refractivity contribution in [2.75, 3.05) is 7.11 Å². The lowest BCUT2D eigenvalue weighted by Gasteiger charge is -2.14. The highest BCUT2D eigenvalue weighted by atomic mass is 16.5. The second-order valence-electron chi connectivity index (χ2n) is 5.24. The van der Waals surface area contributed by atoms with Gasteiger partial charge in [0.25, 0.3) is 5.91 Å². The van der Waals surface area contributed by atoms with Crippen molar-refractivity contribution in [1.29, 1.82) is 0 Å². The van der Waals surface area contributed by atoms with Crippen LogP contribution in [0.1, 0.15) is 17.3 Å². The molecule has 0 aliphatic heterocycles. The molecule has 1 atom stereocenters. The van der Waals surface area contributed by atoms with E-state index in [2.05, 4.69) is 15.0 Å². The molecule has 0 unspecified atom stereocenters. The highest BCUT2D eigenvalue weighted by molar-refractivity contribution is 6.16. The molecule has 5 nitrogen and oxygen atoms in total. The Bertz CT molecular complexity index is 851. The molecule has 1 amide bonds. The van der Waals surface area contributed by atoms with Crippen molar-refractivity contribution in [1.82, 2.24) is 10.3 Å². The van der Waals surface area contributed by atoms with E-state index >= 15 is 0 Å². The second-order valence-corrected chi connectivity index (χ2v) is 5.24. The molecule has 5 heteroatoms. The summed E-state index contributed by atoms with van der Waals surface area (Å²) in [6.45, 7) is 1.59. The van der Waals surface area contributed by atoms with Crippen LogP contribution in [0.25, 0.3) is 21.8 Å². The number of carbonyl (C=O) groups excluding carboxylic acids is 2. The van der Waals surface area contributed by atoms with Gasteiger partial charge in [0.2, 0.25) is 0 Å². The van der Waals surface area contributed by atoms with Gasteiger partial charge in [-0.15, -0.1) is 0 Å². The van der Waals surface area contributed by atoms with Crippen molar-refractivity contribution in [2.45, 2.75) is 13.0 Å². The number of nitrogens with zero attached hydrogens (tertiary/aromatic N) is 1. The molecule has 0 saturated heterocycles. The number of hydrogen-bond donors (Lipinski definition) is 1. The molecule has 0 spiro atoms. The number of benzene rings is 2. The fraction of sp³-hybridized carbons (Fsp3) is 0.167. The Morgan fingerprint density at radius 1 is 1.00 bits per heavy atom. The topological polar surface area (TPSA) is 68.3 Å². The van der Waals surface area contributed by atoms with Gasteiger partial charge in [-0.1, -0.05) is 36.4 Å². The molecule has 0 radical (unpaired) electrons. The molecule has 2 aromatic carbocycles. The third kappa shape index (κ3) is 2.73. The standard InChI is InChI=1S/C18H16N2O3/c1-11(18(22)23-2)19-17(21)16-12-7-3-5-9-14(12)20-15-10-6-4-8-13(15)16/h3-11H,1-2H3,(H,19,21)/t11-/m0/s1. The van der Waals surface area contributed by atoms with E-state index in [1.165, 1.54) is 7.11 Å². The van der Waals surface area contributed by atoms with Crippen LogP contribution in [0.3, 0.4) is 0 Å². The minimum absolute atomic E-state index is 0.322. The van der Waals surface area contributed by atoms with Crippen molar-refractivity contribution >= 4 is 33.7 Å². The van der Waals surface area contributed by atoms with Gasteiger partial charge in [-0.3, -0.25) is 4.79 Å². The summed E-state index contributed by atoms with van der Waals surface area (Å²) in [5.41, 5.74) is 1.99. The second kappa shape index (κ2) is 6.04. The molecule has 3 rings (SSSR count). The molecule has 0 fully saturated rings. The SMILES string of the molecule is COC(=O)[C@H](C)NC(=O)c1c2ccccc2nc2ccccc12. The highest BCUT2D eigenvalue weighted by Crippen LogP contribution is 2.25. The van der Waals surface area contributed by atoms with E-state index in [0.29, 0.717) is 5.56 Å². The Labute approximate surface area is 133 Å². The summed E-state index contributed by atoms with van der Waals surface area (Å²) in [6, 6.07) is 14.2. The molecule has 0 aliphatic carbocycles. The van der Waals surface area contributed by atoms with Crippen molar-refractivity contribution in [3.63, 3.8) is 0 Å². The Hall–Kier alpha value is -2.95. The number of esters is 1. The number of ether oxygens (including phenoxy) is 1. The molecule has 1 heterocycles. The zero-order valence-electron chi connectivity index (χ0n) is 12.9. The fourth-order valence-electron chi connectivity index (χ4n) is 2.59. The van der Waals surface area contributed by atoms with Gasteiger partial charge in [0.15, 0.2) is 0 Å². The first-order valence-corrected chi connectivity index (χ1v) is 7.28. The maximum atomic E-state index is 12.8. The minimum Gasteiger partial charge on any atom is -0.467 e. The fourth-order valence-corrected chi connectivity index (χ4v) is 2.59. The van der Waals surface area contributed by atoms with Crippen LogP contribution in [-0.2, 0) is 9.53 Å². The summed E-state index contributed by atoms with van der Waals surface area (Å²) in [4.78, 5) is 28.9. The Morgan fingerprint density at radius 2 is 1.52 bits per heavy atom. The predicted octanol–water partition coefficient (Wildman–Crippen LogP) is 2.68. The van der Waals surface area contributed by atoms with Gasteiger partial charge < -0.3 is 10.1 Å². The number of rotatable bonds is 3. The molecule has 0 aliphatic rings. The lowest BCUT2D eigenvalue weighted by molar-refractivity contribution is -0.142. The number of nitrogens with one attached hydrogen (secondary N) is 1. The van der Waals surface area contributed by atoms with E-state index in [1.807, 2.05) is 48.5 Å². The number of methoxy groups -OCH3 is 1. The van der Waals surface area contributed by atoms with Crippen molar-refractivity contribution in [2.24, 2.45) is 0 Å². The van der Waals surface area contributed by atoms with Crippen molar-refractivity contribution < 1.29 is 14.3 Å². The van der Waals surface area contributed by atoms with Crippen LogP contribution < -0.4 is 5.32 Å². The van der Waals surface area contributed by atoms with Crippen LogP contribution in [0.5, 0.6) is 0 Å². The first-order chi connectivity index (χ1) is 11.1. The van der Waals surface area contributed by atoms with E-state index in [4.69, 9.17) is 0 Å². The molecule has 1 aromatic heterocycles. The number of fused-ring (bicyclic) bond motifs is 2. The quantitative estimate of drug-likeness (QED) is 0.596. The lowest BCUT2D eigenvalue weighted by Crippen LogP contribution is -2.39. The molecular weight excluding hydrogens is 292 g/mol. The van der Waals surface area contributed by atoms with E-state index in [0.717, 1.165) is 21.8 Å². The first-order valence-electron chi connectivity index (χ1n) is 7.28. The number of para-hydroxylation sites is 2. The molecule has 23 heavy (non-hydrogen) atoms. The van der Waals surface area contributed by atoms with Crippen molar-refractivity contribution in [3.8, 4) is 0 Å². The molecular formula is C18H16N2O3. The van der Waals surface area contributed by atoms with E-state index in [-0.39, 0.29) is 5.91 Å². The van der Waals surface area contributed by atoms with Gasteiger partial charge >= 0.3 is 5.97 Å². The Morgan fingerprint density at radius 3 is 2.04 bits per heavy atom. The van der Waals surface area contributed by atoms with Gasteiger partial charge in [0, 0.05) is 10.8 Å². The smallest absolute Gasteiger partial charge is 0.328 e. The Kier molecular flexibility index (Phi) is 3.93. The summed E-state index contributed by atoms with van der Waals surface area (Å²) < 4.78 is 4.66. The van der Waals surface area contributed by atoms with Gasteiger partial charge in [-0.05, 0) is 19.1 Å². The van der Waals surface area contributed by atoms with E-state index in [9.17, 15) is 9.59 Å². The van der Waals surface area contributed by atoms with Crippen LogP contribution in [0.15, 0.2) is 48.5 Å². The number of pyridine rings is 1. The zero-order valence-corrected chi connectivity index (χ0v) is 12.9. The van der Waals surface area contributed by atoms with Gasteiger partial charge in [-0.2, -0.15) is 0 Å². The largest absolute Gasteiger partial charge is 0.467 e. The third-order valence-electron chi connectivity index (χ3n) is 3.72. The average molecular weight is 308 g/mol. The van der Waals surface area contributed by atoms with Gasteiger partial charge in [0.05, 0.1) is 23.7 Å². The normalized spacial score (nSPS) is 12.1. The Balaban J connectivity index is 2.17. The number of aromatic nitrogens is 1. The van der Waals surface area contributed by atoms with Gasteiger partial charge in [-0.25, -0.2) is 9.78 Å². The summed E-state index contributed by atoms with van der Waals surface area (Å²) >= 11 is 0. The van der Waals surface area contributed by atoms with Crippen LogP contribution in [0.4, 0.5) is 0 Å². The third-order valence-corrected chi connectivity index (χ3v) is 3.72. The lowest BCUT2D eigenvalue weighted by atomic mass is 10.0. The summed E-state index contributed by atoms with van der Waals surface area (Å²) in [5.74, 6) is -0.807. The summed E-state index contributed by atoms with van der Waals surface area (Å²) in [5, 5.41) is 4.19. The molecule has 1 N–H and O–H groups in total. The van der Waals surface area contributed by atoms with E-state index < -0.39 is 12.0 Å². The predicted molar refractivity (Wildman–Crippen MR) is 88.2 cm³/mol. The number of hydrogen-bond acceptors (Lipinski definition) is 4. The molecule has 0 bridgehead atoms. The number of amides is 1. The molecule has 116 valence electrons. The maximum absolute atomic E-state index is 12.8. The monoisotopic (exact) mass is 308 g/mol. The van der Waals surface area contributed by atoms with Crippen LogP contribution >= 0.6 is 0 Å². The average Bonchev–Trinajstić information content (AvgIpc) is 2.58. The van der Waals surface area contributed by atoms with Gasteiger partial charge in [0.1, 0.15) is 6.04 Å². The van der Waals surface area contributed by atoms with E-state index in [1.54, 1.807) is 6.92 Å².